The maximum Gasteiger partial charge on any atom is 0.271 e. The summed E-state index contributed by atoms with van der Waals surface area (Å²) in [5.74, 6) is 1.15. The van der Waals surface area contributed by atoms with Gasteiger partial charge in [-0.1, -0.05) is 30.3 Å². The maximum atomic E-state index is 12.4. The second-order valence-electron chi connectivity index (χ2n) is 5.80. The van der Waals surface area contributed by atoms with Crippen LogP contribution in [0.5, 0.6) is 0 Å². The van der Waals surface area contributed by atoms with Gasteiger partial charge in [0.25, 0.3) is 5.89 Å². The van der Waals surface area contributed by atoms with Crippen LogP contribution in [0.1, 0.15) is 17.3 Å². The predicted molar refractivity (Wildman–Crippen MR) is 89.4 cm³/mol. The predicted octanol–water partition coefficient (Wildman–Crippen LogP) is 0.0792. The van der Waals surface area contributed by atoms with E-state index in [1.54, 1.807) is 13.0 Å². The van der Waals surface area contributed by atoms with Crippen molar-refractivity contribution in [2.24, 2.45) is 0 Å². The summed E-state index contributed by atoms with van der Waals surface area (Å²) in [6.45, 7) is 4.82. The van der Waals surface area contributed by atoms with E-state index in [1.807, 2.05) is 30.3 Å². The number of quaternary nitrogens is 1. The normalized spacial score (nSPS) is 17.5. The molecule has 1 aliphatic rings. The number of sulfonamides is 1. The molecule has 0 amide bonds. The van der Waals surface area contributed by atoms with E-state index in [0.29, 0.717) is 31.4 Å². The van der Waals surface area contributed by atoms with Crippen molar-refractivity contribution in [1.29, 1.82) is 0 Å². The molecule has 0 bridgehead atoms. The van der Waals surface area contributed by atoms with Gasteiger partial charge in [-0.2, -0.15) is 4.31 Å². The molecule has 0 saturated carbocycles. The van der Waals surface area contributed by atoms with E-state index in [4.69, 9.17) is 4.42 Å². The molecule has 0 spiro atoms. The number of nitrogens with one attached hydrogen (secondary N) is 1. The van der Waals surface area contributed by atoms with E-state index in [1.165, 1.54) is 14.6 Å². The Labute approximate surface area is 141 Å². The van der Waals surface area contributed by atoms with Crippen molar-refractivity contribution in [3.8, 4) is 0 Å². The van der Waals surface area contributed by atoms with Crippen molar-refractivity contribution in [3.63, 3.8) is 0 Å². The van der Waals surface area contributed by atoms with Gasteiger partial charge >= 0.3 is 0 Å². The maximum absolute atomic E-state index is 12.4. The van der Waals surface area contributed by atoms with Gasteiger partial charge in [0.15, 0.2) is 6.54 Å². The minimum atomic E-state index is -3.39. The number of piperazine rings is 1. The molecule has 2 aromatic rings. The summed E-state index contributed by atoms with van der Waals surface area (Å²) in [7, 11) is -3.39. The molecule has 1 aromatic heterocycles. The smallest absolute Gasteiger partial charge is 0.271 e. The molecule has 8 heteroatoms. The molecule has 0 atom stereocenters. The fraction of sp³-hybridized carbons (Fsp3) is 0.375. The van der Waals surface area contributed by atoms with Crippen LogP contribution >= 0.6 is 0 Å². The van der Waals surface area contributed by atoms with Gasteiger partial charge in [-0.3, -0.25) is 0 Å². The fourth-order valence-electron chi connectivity index (χ4n) is 2.67. The van der Waals surface area contributed by atoms with Gasteiger partial charge in [-0.15, -0.1) is 10.2 Å². The second kappa shape index (κ2) is 7.25. The summed E-state index contributed by atoms with van der Waals surface area (Å²) in [6, 6.07) is 9.42. The molecule has 3 rings (SSSR count). The summed E-state index contributed by atoms with van der Waals surface area (Å²) in [5.41, 5.74) is 0.872. The Bertz CT molecular complexity index is 794. The third kappa shape index (κ3) is 4.28. The SMILES string of the molecule is Cc1nnc(C[NH+]2CCN(S(=O)(=O)/C=C/c3ccccc3)CC2)o1. The fourth-order valence-corrected chi connectivity index (χ4v) is 3.86. The minimum Gasteiger partial charge on any atom is -0.420 e. The summed E-state index contributed by atoms with van der Waals surface area (Å²) < 4.78 is 31.7. The Morgan fingerprint density at radius 2 is 1.92 bits per heavy atom. The second-order valence-corrected chi connectivity index (χ2v) is 7.62. The number of aryl methyl sites for hydroxylation is 1. The highest BCUT2D eigenvalue weighted by molar-refractivity contribution is 7.92. The Morgan fingerprint density at radius 1 is 1.21 bits per heavy atom. The zero-order chi connectivity index (χ0) is 17.0. The lowest BCUT2D eigenvalue weighted by Crippen LogP contribution is -3.13. The average molecular weight is 349 g/mol. The molecule has 128 valence electrons. The molecule has 0 unspecified atom stereocenters. The van der Waals surface area contributed by atoms with Gasteiger partial charge in [0.2, 0.25) is 15.9 Å². The number of aromatic nitrogens is 2. The lowest BCUT2D eigenvalue weighted by Gasteiger charge is -2.29. The molecule has 1 aromatic carbocycles. The molecule has 0 aliphatic carbocycles. The molecular formula is C16H21N4O3S+. The molecule has 1 saturated heterocycles. The summed E-state index contributed by atoms with van der Waals surface area (Å²) in [6.07, 6.45) is 1.63. The number of benzene rings is 1. The highest BCUT2D eigenvalue weighted by Crippen LogP contribution is 2.08. The van der Waals surface area contributed by atoms with Crippen LogP contribution in [0.3, 0.4) is 0 Å². The third-order valence-corrected chi connectivity index (χ3v) is 5.56. The summed E-state index contributed by atoms with van der Waals surface area (Å²) in [4.78, 5) is 1.25. The van der Waals surface area contributed by atoms with Crippen LogP contribution in [-0.4, -0.2) is 49.1 Å². The van der Waals surface area contributed by atoms with E-state index in [0.717, 1.165) is 18.7 Å². The van der Waals surface area contributed by atoms with Crippen molar-refractivity contribution in [1.82, 2.24) is 14.5 Å². The highest BCUT2D eigenvalue weighted by atomic mass is 32.2. The van der Waals surface area contributed by atoms with Crippen LogP contribution in [0.4, 0.5) is 0 Å². The Hall–Kier alpha value is -2.03. The van der Waals surface area contributed by atoms with E-state index >= 15 is 0 Å². The Kier molecular flexibility index (Phi) is 5.08. The first kappa shape index (κ1) is 16.8. The zero-order valence-corrected chi connectivity index (χ0v) is 14.4. The van der Waals surface area contributed by atoms with Gasteiger partial charge in [-0.25, -0.2) is 8.42 Å². The van der Waals surface area contributed by atoms with Crippen LogP contribution in [0.25, 0.3) is 6.08 Å². The average Bonchev–Trinajstić information content (AvgIpc) is 2.99. The van der Waals surface area contributed by atoms with Crippen LogP contribution in [-0.2, 0) is 16.6 Å². The van der Waals surface area contributed by atoms with Gasteiger partial charge in [0, 0.05) is 12.3 Å². The number of hydrogen-bond donors (Lipinski definition) is 1. The lowest BCUT2D eigenvalue weighted by molar-refractivity contribution is -0.918. The number of rotatable bonds is 5. The van der Waals surface area contributed by atoms with Crippen LogP contribution in [0.15, 0.2) is 40.2 Å². The van der Waals surface area contributed by atoms with E-state index in [-0.39, 0.29) is 0 Å². The molecule has 1 aliphatic heterocycles. The molecule has 1 N–H and O–H groups in total. The molecule has 7 nitrogen and oxygen atoms in total. The van der Waals surface area contributed by atoms with E-state index < -0.39 is 10.0 Å². The third-order valence-electron chi connectivity index (χ3n) is 3.99. The monoisotopic (exact) mass is 349 g/mol. The van der Waals surface area contributed by atoms with Crippen LogP contribution in [0, 0.1) is 6.92 Å². The highest BCUT2D eigenvalue weighted by Gasteiger charge is 2.28. The first-order valence-electron chi connectivity index (χ1n) is 7.89. The number of hydrogen-bond acceptors (Lipinski definition) is 5. The van der Waals surface area contributed by atoms with Crippen molar-refractivity contribution in [2.45, 2.75) is 13.5 Å². The zero-order valence-electron chi connectivity index (χ0n) is 13.6. The van der Waals surface area contributed by atoms with Crippen molar-refractivity contribution in [3.05, 3.63) is 53.1 Å². The van der Waals surface area contributed by atoms with Crippen molar-refractivity contribution < 1.29 is 17.7 Å². The molecule has 0 radical (unpaired) electrons. The Morgan fingerprint density at radius 3 is 2.54 bits per heavy atom. The first-order valence-corrected chi connectivity index (χ1v) is 9.39. The quantitative estimate of drug-likeness (QED) is 0.827. The van der Waals surface area contributed by atoms with Gasteiger partial charge in [-0.05, 0) is 11.6 Å². The van der Waals surface area contributed by atoms with Crippen molar-refractivity contribution >= 4 is 16.1 Å². The van der Waals surface area contributed by atoms with Gasteiger partial charge < -0.3 is 9.32 Å². The van der Waals surface area contributed by atoms with Crippen LogP contribution in [0.2, 0.25) is 0 Å². The van der Waals surface area contributed by atoms with E-state index in [9.17, 15) is 8.42 Å². The largest absolute Gasteiger partial charge is 0.420 e. The number of nitrogens with zero attached hydrogens (tertiary/aromatic N) is 3. The van der Waals surface area contributed by atoms with E-state index in [2.05, 4.69) is 10.2 Å². The van der Waals surface area contributed by atoms with Gasteiger partial charge in [0.1, 0.15) is 0 Å². The molecule has 1 fully saturated rings. The summed E-state index contributed by atoms with van der Waals surface area (Å²) in [5, 5.41) is 9.09. The molecule has 24 heavy (non-hydrogen) atoms. The summed E-state index contributed by atoms with van der Waals surface area (Å²) >= 11 is 0. The standard InChI is InChI=1S/C16H20N4O3S/c1-14-17-18-16(23-14)13-19-8-10-20(11-9-19)24(21,22)12-7-15-5-3-2-4-6-15/h2-7,12H,8-11,13H2,1H3/p+1/b12-7+. The lowest BCUT2D eigenvalue weighted by atomic mass is 10.2. The van der Waals surface area contributed by atoms with Gasteiger partial charge in [0.05, 0.1) is 26.2 Å². The first-order chi connectivity index (χ1) is 11.5. The molecular weight excluding hydrogens is 328 g/mol. The Balaban J connectivity index is 1.56. The topological polar surface area (TPSA) is 80.7 Å². The minimum absolute atomic E-state index is 0.490. The van der Waals surface area contributed by atoms with Crippen molar-refractivity contribution in [2.75, 3.05) is 26.2 Å². The molecule has 2 heterocycles. The van der Waals surface area contributed by atoms with Crippen LogP contribution < -0.4 is 4.90 Å².